The van der Waals surface area contributed by atoms with Crippen molar-refractivity contribution in [2.75, 3.05) is 19.0 Å². The van der Waals surface area contributed by atoms with E-state index in [1.54, 1.807) is 30.6 Å². The van der Waals surface area contributed by atoms with Crippen LogP contribution in [0.2, 0.25) is 0 Å². The number of allylic oxidation sites excluding steroid dienone is 1. The number of aliphatic imine (C=N–C) groups is 1. The van der Waals surface area contributed by atoms with Crippen LogP contribution in [0.5, 0.6) is 5.75 Å². The number of thiophene rings is 1. The van der Waals surface area contributed by atoms with Gasteiger partial charge in [0.2, 0.25) is 0 Å². The fourth-order valence-corrected chi connectivity index (χ4v) is 4.28. The first-order chi connectivity index (χ1) is 14.7. The average molecular weight is 417 g/mol. The number of methoxy groups -OCH3 is 1. The molecule has 5 rings (SSSR count). The first-order valence-corrected chi connectivity index (χ1v) is 9.83. The van der Waals surface area contributed by atoms with Gasteiger partial charge in [-0.25, -0.2) is 10.4 Å². The van der Waals surface area contributed by atoms with Gasteiger partial charge < -0.3 is 10.1 Å². The van der Waals surface area contributed by atoms with Crippen molar-refractivity contribution < 1.29 is 9.53 Å². The highest BCUT2D eigenvalue weighted by Gasteiger charge is 2.27. The molecule has 0 bridgehead atoms. The molecule has 1 amide bonds. The van der Waals surface area contributed by atoms with Gasteiger partial charge in [-0.3, -0.25) is 14.9 Å². The van der Waals surface area contributed by atoms with Gasteiger partial charge in [-0.2, -0.15) is 10.4 Å². The molecule has 3 aromatic rings. The number of anilines is 1. The Morgan fingerprint density at radius 3 is 3.13 bits per heavy atom. The van der Waals surface area contributed by atoms with Gasteiger partial charge in [0.1, 0.15) is 22.4 Å². The maximum Gasteiger partial charge on any atom is 0.256 e. The Kier molecular flexibility index (Phi) is 4.31. The number of aromatic nitrogens is 2. The number of ether oxygens (including phenoxy) is 1. The van der Waals surface area contributed by atoms with Crippen LogP contribution in [0.15, 0.2) is 53.1 Å². The van der Waals surface area contributed by atoms with Crippen molar-refractivity contribution >= 4 is 39.2 Å². The standard InChI is InChI=1S/C20H15N7O2S/c1-29-16-7-17-11(5-12(8-21)30-17)6-13(16)18-15(10-23-26-18)25-20(28)14-9-24-27-4-2-3-22-19(14)27/h2-7,10,24H,9H2,1H3,(H,23,26)(H,25,28). The van der Waals surface area contributed by atoms with Gasteiger partial charge >= 0.3 is 0 Å². The van der Waals surface area contributed by atoms with Crippen LogP contribution < -0.4 is 15.5 Å². The molecular weight excluding hydrogens is 402 g/mol. The molecule has 2 aliphatic rings. The zero-order valence-corrected chi connectivity index (χ0v) is 16.6. The monoisotopic (exact) mass is 417 g/mol. The van der Waals surface area contributed by atoms with Crippen molar-refractivity contribution in [2.24, 2.45) is 4.99 Å². The summed E-state index contributed by atoms with van der Waals surface area (Å²) in [6.07, 6.45) is 6.87. The lowest BCUT2D eigenvalue weighted by Crippen LogP contribution is -2.27. The van der Waals surface area contributed by atoms with Gasteiger partial charge in [-0.1, -0.05) is 0 Å². The van der Waals surface area contributed by atoms with E-state index in [1.807, 2.05) is 24.4 Å². The number of hydrazine groups is 1. The zero-order valence-electron chi connectivity index (χ0n) is 15.8. The molecule has 0 radical (unpaired) electrons. The fraction of sp³-hybridized carbons (Fsp3) is 0.100. The zero-order chi connectivity index (χ0) is 20.7. The summed E-state index contributed by atoms with van der Waals surface area (Å²) in [5.74, 6) is 0.910. The minimum absolute atomic E-state index is 0.266. The maximum atomic E-state index is 12.9. The molecule has 2 aromatic heterocycles. The van der Waals surface area contributed by atoms with Crippen molar-refractivity contribution in [3.63, 3.8) is 0 Å². The molecule has 9 nitrogen and oxygen atoms in total. The SMILES string of the molecule is COc1cc2sc(C#N)cc2cc1-c1n[nH]cc1NC(=O)C1=C2N=CC=CN2NC1. The Morgan fingerprint density at radius 2 is 2.30 bits per heavy atom. The Hall–Kier alpha value is -3.94. The predicted octanol–water partition coefficient (Wildman–Crippen LogP) is 2.74. The summed E-state index contributed by atoms with van der Waals surface area (Å²) < 4.78 is 6.50. The van der Waals surface area contributed by atoms with Crippen LogP contribution in [-0.4, -0.2) is 41.0 Å². The number of amides is 1. The number of carbonyl (C=O) groups excluding carboxylic acids is 1. The van der Waals surface area contributed by atoms with Crippen molar-refractivity contribution in [1.29, 1.82) is 5.26 Å². The Balaban J connectivity index is 1.51. The van der Waals surface area contributed by atoms with Crippen LogP contribution in [0.1, 0.15) is 4.88 Å². The van der Waals surface area contributed by atoms with Crippen LogP contribution in [0.25, 0.3) is 21.3 Å². The van der Waals surface area contributed by atoms with Gasteiger partial charge in [0, 0.05) is 35.4 Å². The summed E-state index contributed by atoms with van der Waals surface area (Å²) >= 11 is 1.40. The number of rotatable bonds is 4. The molecule has 30 heavy (non-hydrogen) atoms. The molecule has 0 saturated carbocycles. The maximum absolute atomic E-state index is 12.9. The summed E-state index contributed by atoms with van der Waals surface area (Å²) in [5.41, 5.74) is 5.41. The third-order valence-electron chi connectivity index (χ3n) is 4.81. The summed E-state index contributed by atoms with van der Waals surface area (Å²) in [5, 5.41) is 21.9. The van der Waals surface area contributed by atoms with E-state index in [4.69, 9.17) is 4.74 Å². The lowest BCUT2D eigenvalue weighted by atomic mass is 10.1. The number of hydrogen-bond acceptors (Lipinski definition) is 8. The first-order valence-electron chi connectivity index (χ1n) is 9.02. The Bertz CT molecular complexity index is 1310. The molecule has 0 spiro atoms. The van der Waals surface area contributed by atoms with Crippen molar-refractivity contribution in [1.82, 2.24) is 20.6 Å². The molecular formula is C20H15N7O2S. The quantitative estimate of drug-likeness (QED) is 0.601. The van der Waals surface area contributed by atoms with Crippen molar-refractivity contribution in [3.05, 3.63) is 52.9 Å². The number of fused-ring (bicyclic) bond motifs is 2. The minimum atomic E-state index is -0.266. The molecule has 1 aromatic carbocycles. The van der Waals surface area contributed by atoms with Gasteiger partial charge in [0.25, 0.3) is 5.91 Å². The van der Waals surface area contributed by atoms with Crippen LogP contribution in [-0.2, 0) is 4.79 Å². The highest BCUT2D eigenvalue weighted by Crippen LogP contribution is 2.39. The minimum Gasteiger partial charge on any atom is -0.496 e. The molecule has 0 unspecified atom stereocenters. The molecule has 148 valence electrons. The van der Waals surface area contributed by atoms with Gasteiger partial charge in [0.15, 0.2) is 5.82 Å². The molecule has 4 heterocycles. The van der Waals surface area contributed by atoms with E-state index in [1.165, 1.54) is 11.3 Å². The van der Waals surface area contributed by atoms with E-state index in [0.29, 0.717) is 45.5 Å². The highest BCUT2D eigenvalue weighted by atomic mass is 32.1. The lowest BCUT2D eigenvalue weighted by molar-refractivity contribution is -0.112. The number of hydrogen-bond donors (Lipinski definition) is 3. The van der Waals surface area contributed by atoms with Gasteiger partial charge in [-0.05, 0) is 29.7 Å². The van der Waals surface area contributed by atoms with Crippen LogP contribution in [0, 0.1) is 11.3 Å². The summed E-state index contributed by atoms with van der Waals surface area (Å²) in [6.45, 7) is 0.372. The number of nitrogens with zero attached hydrogens (tertiary/aromatic N) is 4. The largest absolute Gasteiger partial charge is 0.496 e. The lowest BCUT2D eigenvalue weighted by Gasteiger charge is -2.15. The van der Waals surface area contributed by atoms with Crippen LogP contribution in [0.3, 0.4) is 0 Å². The Morgan fingerprint density at radius 1 is 1.40 bits per heavy atom. The number of nitriles is 1. The average Bonchev–Trinajstić information content (AvgIpc) is 3.49. The molecule has 10 heteroatoms. The van der Waals surface area contributed by atoms with Gasteiger partial charge in [0.05, 0.1) is 18.4 Å². The van der Waals surface area contributed by atoms with E-state index in [0.717, 1.165) is 10.1 Å². The number of aromatic amines is 1. The topological polar surface area (TPSA) is 118 Å². The number of nitrogens with one attached hydrogen (secondary N) is 3. The molecule has 0 fully saturated rings. The Labute approximate surface area is 174 Å². The number of H-pyrrole nitrogens is 1. The second-order valence-corrected chi connectivity index (χ2v) is 7.62. The van der Waals surface area contributed by atoms with E-state index in [-0.39, 0.29) is 5.91 Å². The smallest absolute Gasteiger partial charge is 0.256 e. The van der Waals surface area contributed by atoms with E-state index >= 15 is 0 Å². The van der Waals surface area contributed by atoms with E-state index in [2.05, 4.69) is 32.0 Å². The van der Waals surface area contributed by atoms with E-state index in [9.17, 15) is 10.1 Å². The van der Waals surface area contributed by atoms with Crippen molar-refractivity contribution in [2.45, 2.75) is 0 Å². The third-order valence-corrected chi connectivity index (χ3v) is 5.81. The van der Waals surface area contributed by atoms with Crippen LogP contribution in [0.4, 0.5) is 5.69 Å². The second kappa shape index (κ2) is 7.14. The van der Waals surface area contributed by atoms with Crippen molar-refractivity contribution in [3.8, 4) is 23.1 Å². The van der Waals surface area contributed by atoms with E-state index < -0.39 is 0 Å². The summed E-state index contributed by atoms with van der Waals surface area (Å²) in [7, 11) is 1.58. The predicted molar refractivity (Wildman–Crippen MR) is 114 cm³/mol. The summed E-state index contributed by atoms with van der Waals surface area (Å²) in [6, 6.07) is 7.78. The summed E-state index contributed by atoms with van der Waals surface area (Å²) in [4.78, 5) is 17.8. The van der Waals surface area contributed by atoms with Crippen LogP contribution >= 0.6 is 11.3 Å². The molecule has 0 saturated heterocycles. The first kappa shape index (κ1) is 18.1. The molecule has 0 atom stereocenters. The second-order valence-electron chi connectivity index (χ2n) is 6.54. The highest BCUT2D eigenvalue weighted by molar-refractivity contribution is 7.19. The fourth-order valence-electron chi connectivity index (χ4n) is 3.41. The molecule has 0 aliphatic carbocycles. The number of benzene rings is 1. The molecule has 3 N–H and O–H groups in total. The van der Waals surface area contributed by atoms with Gasteiger partial charge in [-0.15, -0.1) is 11.3 Å². The third kappa shape index (κ3) is 2.93. The molecule has 2 aliphatic heterocycles. The normalized spacial score (nSPS) is 14.9. The number of carbonyl (C=O) groups is 1.